The quantitative estimate of drug-likeness (QED) is 0.575. The van der Waals surface area contributed by atoms with E-state index in [0.717, 1.165) is 22.4 Å². The predicted octanol–water partition coefficient (Wildman–Crippen LogP) is 3.11. The van der Waals surface area contributed by atoms with Gasteiger partial charge in [0, 0.05) is 11.8 Å². The second kappa shape index (κ2) is 8.03. The van der Waals surface area contributed by atoms with Crippen LogP contribution in [-0.4, -0.2) is 28.5 Å². The molecule has 1 N–H and O–H groups in total. The largest absolute Gasteiger partial charge is 0.316 e. The van der Waals surface area contributed by atoms with Crippen molar-refractivity contribution < 1.29 is 0 Å². The highest BCUT2D eigenvalue weighted by molar-refractivity contribution is 8.01. The van der Waals surface area contributed by atoms with Crippen molar-refractivity contribution in [2.45, 2.75) is 49.6 Å². The van der Waals surface area contributed by atoms with Gasteiger partial charge in [-0.2, -0.15) is 0 Å². The van der Waals surface area contributed by atoms with E-state index in [1.807, 2.05) is 18.7 Å². The van der Waals surface area contributed by atoms with E-state index >= 15 is 0 Å². The Bertz CT molecular complexity index is 289. The third-order valence-electron chi connectivity index (χ3n) is 2.20. The first-order valence-electron chi connectivity index (χ1n) is 5.90. The maximum atomic E-state index is 4.12. The van der Waals surface area contributed by atoms with E-state index < -0.39 is 0 Å². The normalized spacial score (nSPS) is 12.9. The maximum absolute atomic E-state index is 4.12. The minimum Gasteiger partial charge on any atom is -0.316 e. The van der Waals surface area contributed by atoms with Crippen molar-refractivity contribution in [3.8, 4) is 0 Å². The van der Waals surface area contributed by atoms with Gasteiger partial charge in [-0.1, -0.05) is 49.8 Å². The lowest BCUT2D eigenvalue weighted by Gasteiger charge is -2.09. The standard InChI is InChI=1S/C11H21N3S2/c1-4-5-6-7-12-8-9(2)15-11-14-13-10(3)16-11/h9,12H,4-8H2,1-3H3. The van der Waals surface area contributed by atoms with Gasteiger partial charge in [-0.25, -0.2) is 0 Å². The Morgan fingerprint density at radius 1 is 1.38 bits per heavy atom. The Hall–Kier alpha value is -0.130. The molecule has 16 heavy (non-hydrogen) atoms. The molecule has 0 aliphatic carbocycles. The van der Waals surface area contributed by atoms with Crippen LogP contribution in [0.1, 0.15) is 38.1 Å². The van der Waals surface area contributed by atoms with E-state index in [-0.39, 0.29) is 0 Å². The lowest BCUT2D eigenvalue weighted by Crippen LogP contribution is -2.23. The van der Waals surface area contributed by atoms with E-state index in [0.29, 0.717) is 5.25 Å². The maximum Gasteiger partial charge on any atom is 0.174 e. The predicted molar refractivity (Wildman–Crippen MR) is 72.4 cm³/mol. The molecule has 1 heterocycles. The summed E-state index contributed by atoms with van der Waals surface area (Å²) in [5, 5.41) is 13.2. The van der Waals surface area contributed by atoms with Crippen molar-refractivity contribution in [3.63, 3.8) is 0 Å². The third kappa shape index (κ3) is 5.82. The van der Waals surface area contributed by atoms with Crippen molar-refractivity contribution in [2.75, 3.05) is 13.1 Å². The highest BCUT2D eigenvalue weighted by atomic mass is 32.2. The zero-order valence-corrected chi connectivity index (χ0v) is 12.0. The van der Waals surface area contributed by atoms with E-state index in [1.54, 1.807) is 11.3 Å². The Morgan fingerprint density at radius 3 is 2.81 bits per heavy atom. The molecule has 0 aromatic carbocycles. The van der Waals surface area contributed by atoms with Gasteiger partial charge in [-0.15, -0.1) is 10.2 Å². The van der Waals surface area contributed by atoms with Gasteiger partial charge in [0.1, 0.15) is 5.01 Å². The third-order valence-corrected chi connectivity index (χ3v) is 4.22. The number of rotatable bonds is 8. The van der Waals surface area contributed by atoms with Crippen LogP contribution in [-0.2, 0) is 0 Å². The fraction of sp³-hybridized carbons (Fsp3) is 0.818. The summed E-state index contributed by atoms with van der Waals surface area (Å²) < 4.78 is 1.08. The monoisotopic (exact) mass is 259 g/mol. The van der Waals surface area contributed by atoms with Crippen LogP contribution in [0.15, 0.2) is 4.34 Å². The van der Waals surface area contributed by atoms with Crippen LogP contribution in [0.4, 0.5) is 0 Å². The summed E-state index contributed by atoms with van der Waals surface area (Å²) in [6, 6.07) is 0. The van der Waals surface area contributed by atoms with E-state index in [2.05, 4.69) is 29.4 Å². The van der Waals surface area contributed by atoms with Crippen molar-refractivity contribution in [1.29, 1.82) is 0 Å². The summed E-state index contributed by atoms with van der Waals surface area (Å²) >= 11 is 3.49. The number of aryl methyl sites for hydroxylation is 1. The number of aromatic nitrogens is 2. The average molecular weight is 259 g/mol. The van der Waals surface area contributed by atoms with E-state index in [4.69, 9.17) is 0 Å². The fourth-order valence-corrected chi connectivity index (χ4v) is 3.44. The van der Waals surface area contributed by atoms with Crippen LogP contribution in [0.25, 0.3) is 0 Å². The first-order chi connectivity index (χ1) is 7.72. The van der Waals surface area contributed by atoms with Gasteiger partial charge in [0.25, 0.3) is 0 Å². The summed E-state index contributed by atoms with van der Waals surface area (Å²) in [7, 11) is 0. The molecule has 0 saturated carbocycles. The molecule has 0 amide bonds. The SMILES string of the molecule is CCCCCNCC(C)Sc1nnc(C)s1. The number of hydrogen-bond donors (Lipinski definition) is 1. The Morgan fingerprint density at radius 2 is 2.19 bits per heavy atom. The molecule has 0 aliphatic heterocycles. The molecule has 0 aliphatic rings. The van der Waals surface area contributed by atoms with Crippen LogP contribution < -0.4 is 5.32 Å². The van der Waals surface area contributed by atoms with Crippen LogP contribution in [0.3, 0.4) is 0 Å². The number of nitrogens with one attached hydrogen (secondary N) is 1. The fourth-order valence-electron chi connectivity index (χ4n) is 1.35. The second-order valence-electron chi connectivity index (χ2n) is 3.93. The zero-order valence-electron chi connectivity index (χ0n) is 10.3. The van der Waals surface area contributed by atoms with Crippen LogP contribution in [0, 0.1) is 6.92 Å². The van der Waals surface area contributed by atoms with Crippen LogP contribution >= 0.6 is 23.1 Å². The molecule has 0 radical (unpaired) electrons. The molecule has 1 rings (SSSR count). The summed E-state index contributed by atoms with van der Waals surface area (Å²) in [5.41, 5.74) is 0. The molecular formula is C11H21N3S2. The van der Waals surface area contributed by atoms with Gasteiger partial charge in [-0.05, 0) is 19.9 Å². The molecule has 3 nitrogen and oxygen atoms in total. The Kier molecular flexibility index (Phi) is 7.00. The summed E-state index contributed by atoms with van der Waals surface area (Å²) in [6.07, 6.45) is 3.89. The molecule has 92 valence electrons. The van der Waals surface area contributed by atoms with E-state index in [1.165, 1.54) is 19.3 Å². The minimum absolute atomic E-state index is 0.564. The molecule has 1 aromatic heterocycles. The van der Waals surface area contributed by atoms with Crippen molar-refractivity contribution in [1.82, 2.24) is 15.5 Å². The summed E-state index contributed by atoms with van der Waals surface area (Å²) in [6.45, 7) is 8.64. The van der Waals surface area contributed by atoms with Gasteiger partial charge in [0.15, 0.2) is 4.34 Å². The van der Waals surface area contributed by atoms with Crippen LogP contribution in [0.5, 0.6) is 0 Å². The number of nitrogens with zero attached hydrogens (tertiary/aromatic N) is 2. The molecule has 0 saturated heterocycles. The molecule has 1 unspecified atom stereocenters. The second-order valence-corrected chi connectivity index (χ2v) is 6.79. The first kappa shape index (κ1) is 13.9. The van der Waals surface area contributed by atoms with Crippen molar-refractivity contribution in [2.24, 2.45) is 0 Å². The molecule has 1 aromatic rings. The first-order valence-corrected chi connectivity index (χ1v) is 7.59. The lowest BCUT2D eigenvalue weighted by molar-refractivity contribution is 0.615. The number of hydrogen-bond acceptors (Lipinski definition) is 5. The van der Waals surface area contributed by atoms with E-state index in [9.17, 15) is 0 Å². The highest BCUT2D eigenvalue weighted by Crippen LogP contribution is 2.25. The van der Waals surface area contributed by atoms with Gasteiger partial charge in [-0.3, -0.25) is 0 Å². The number of unbranched alkanes of at least 4 members (excludes halogenated alkanes) is 2. The minimum atomic E-state index is 0.564. The van der Waals surface area contributed by atoms with Crippen molar-refractivity contribution in [3.05, 3.63) is 5.01 Å². The van der Waals surface area contributed by atoms with Gasteiger partial charge >= 0.3 is 0 Å². The smallest absolute Gasteiger partial charge is 0.174 e. The Labute approximate surface area is 106 Å². The molecule has 5 heteroatoms. The molecule has 0 fully saturated rings. The summed E-state index contributed by atoms with van der Waals surface area (Å²) in [5.74, 6) is 0. The molecule has 1 atom stereocenters. The topological polar surface area (TPSA) is 37.8 Å². The Balaban J connectivity index is 2.09. The van der Waals surface area contributed by atoms with Crippen molar-refractivity contribution >= 4 is 23.1 Å². The van der Waals surface area contributed by atoms with Gasteiger partial charge in [0.05, 0.1) is 0 Å². The summed E-state index contributed by atoms with van der Waals surface area (Å²) in [4.78, 5) is 0. The number of thioether (sulfide) groups is 1. The zero-order chi connectivity index (χ0) is 11.8. The van der Waals surface area contributed by atoms with Gasteiger partial charge in [0.2, 0.25) is 0 Å². The van der Waals surface area contributed by atoms with Crippen LogP contribution in [0.2, 0.25) is 0 Å². The highest BCUT2D eigenvalue weighted by Gasteiger charge is 2.07. The van der Waals surface area contributed by atoms with Gasteiger partial charge < -0.3 is 5.32 Å². The lowest BCUT2D eigenvalue weighted by atomic mass is 10.2. The molecular weight excluding hydrogens is 238 g/mol. The molecule has 0 bridgehead atoms. The molecule has 0 spiro atoms. The average Bonchev–Trinajstić information content (AvgIpc) is 2.63.